The van der Waals surface area contributed by atoms with Gasteiger partial charge in [0.25, 0.3) is 0 Å². The lowest BCUT2D eigenvalue weighted by molar-refractivity contribution is 0.588. The van der Waals surface area contributed by atoms with Gasteiger partial charge in [0.1, 0.15) is 0 Å². The normalized spacial score (nSPS) is 12.7. The van der Waals surface area contributed by atoms with E-state index in [9.17, 15) is 0 Å². The van der Waals surface area contributed by atoms with Crippen molar-refractivity contribution in [3.8, 4) is 44.5 Å². The summed E-state index contributed by atoms with van der Waals surface area (Å²) in [6.45, 7) is 6.96. The minimum atomic E-state index is -0.538. The van der Waals surface area contributed by atoms with Gasteiger partial charge in [-0.05, 0) is 113 Å². The summed E-state index contributed by atoms with van der Waals surface area (Å²) in [5.41, 5.74) is 19.0. The highest BCUT2D eigenvalue weighted by Gasteiger charge is 2.48. The molecule has 10 aromatic carbocycles. The molecular formula is C63H49N. The van der Waals surface area contributed by atoms with Gasteiger partial charge in [-0.25, -0.2) is 0 Å². The molecule has 1 aliphatic carbocycles. The van der Waals surface area contributed by atoms with Crippen LogP contribution < -0.4 is 4.90 Å². The molecular weight excluding hydrogens is 771 g/mol. The highest BCUT2D eigenvalue weighted by atomic mass is 15.1. The average molecular weight is 820 g/mol. The van der Waals surface area contributed by atoms with Crippen molar-refractivity contribution in [3.63, 3.8) is 0 Å². The molecule has 0 amide bonds. The number of rotatable bonds is 8. The van der Waals surface area contributed by atoms with Crippen LogP contribution in [0.5, 0.6) is 0 Å². The fraction of sp³-hybridized carbons (Fsp3) is 0.0794. The van der Waals surface area contributed by atoms with Crippen molar-refractivity contribution in [2.45, 2.75) is 31.6 Å². The Bertz CT molecular complexity index is 3210. The summed E-state index contributed by atoms with van der Waals surface area (Å²) in [5, 5.41) is 2.50. The van der Waals surface area contributed by atoms with Crippen LogP contribution in [0.4, 0.5) is 17.1 Å². The zero-order valence-corrected chi connectivity index (χ0v) is 36.5. The van der Waals surface area contributed by atoms with Crippen LogP contribution in [0.15, 0.2) is 243 Å². The molecule has 0 atom stereocenters. The predicted molar refractivity (Wildman–Crippen MR) is 271 cm³/mol. The minimum absolute atomic E-state index is 0.0345. The highest BCUT2D eigenvalue weighted by Crippen LogP contribution is 2.60. The van der Waals surface area contributed by atoms with E-state index in [4.69, 9.17) is 0 Å². The molecule has 0 fully saturated rings. The van der Waals surface area contributed by atoms with Crippen molar-refractivity contribution in [3.05, 3.63) is 270 Å². The highest BCUT2D eigenvalue weighted by molar-refractivity contribution is 5.99. The second-order valence-electron chi connectivity index (χ2n) is 18.1. The summed E-state index contributed by atoms with van der Waals surface area (Å²) in [6, 6.07) is 89.6. The molecule has 0 bridgehead atoms. The maximum absolute atomic E-state index is 2.50. The van der Waals surface area contributed by atoms with Crippen LogP contribution in [0, 0.1) is 0 Å². The van der Waals surface area contributed by atoms with Crippen LogP contribution in [0.2, 0.25) is 0 Å². The van der Waals surface area contributed by atoms with Gasteiger partial charge in [-0.1, -0.05) is 233 Å². The van der Waals surface area contributed by atoms with Crippen LogP contribution >= 0.6 is 0 Å². The summed E-state index contributed by atoms with van der Waals surface area (Å²) in [4.78, 5) is 2.47. The first kappa shape index (κ1) is 39.1. The standard InChI is InChI=1S/C63H49N/c1-62(2,3)52-37-42-57-59(43-52)63(50-21-9-5-10-22-50,51-23-11-6-12-24-51)58-27-16-28-60(61(57)58)64(54-40-35-49(36-41-54)56-26-15-20-48-19-13-14-25-55(48)56)53-38-33-47(34-39-53)46-31-29-45(30-32-46)44-17-7-4-8-18-44/h4-43H,1-3H3. The average Bonchev–Trinajstić information content (AvgIpc) is 3.66. The van der Waals surface area contributed by atoms with Crippen molar-refractivity contribution >= 4 is 27.8 Å². The Hall–Kier alpha value is -7.74. The second-order valence-corrected chi connectivity index (χ2v) is 18.1. The maximum Gasteiger partial charge on any atom is 0.0714 e. The second kappa shape index (κ2) is 15.9. The zero-order valence-electron chi connectivity index (χ0n) is 36.5. The molecule has 0 saturated carbocycles. The summed E-state index contributed by atoms with van der Waals surface area (Å²) < 4.78 is 0. The van der Waals surface area contributed by atoms with E-state index in [0.717, 1.165) is 17.1 Å². The Labute approximate surface area is 377 Å². The fourth-order valence-corrected chi connectivity index (χ4v) is 10.2. The Morgan fingerprint density at radius 2 is 0.844 bits per heavy atom. The van der Waals surface area contributed by atoms with E-state index >= 15 is 0 Å². The van der Waals surface area contributed by atoms with Gasteiger partial charge in [-0.3, -0.25) is 0 Å². The predicted octanol–water partition coefficient (Wildman–Crippen LogP) is 17.0. The monoisotopic (exact) mass is 819 g/mol. The fourth-order valence-electron chi connectivity index (χ4n) is 10.2. The quantitative estimate of drug-likeness (QED) is 0.148. The third-order valence-electron chi connectivity index (χ3n) is 13.3. The lowest BCUT2D eigenvalue weighted by Crippen LogP contribution is -2.29. The first-order valence-corrected chi connectivity index (χ1v) is 22.4. The molecule has 1 heteroatoms. The molecule has 0 radical (unpaired) electrons. The van der Waals surface area contributed by atoms with Crippen molar-refractivity contribution in [1.82, 2.24) is 0 Å². The summed E-state index contributed by atoms with van der Waals surface area (Å²) in [6.07, 6.45) is 0. The number of hydrogen-bond acceptors (Lipinski definition) is 1. The largest absolute Gasteiger partial charge is 0.310 e. The smallest absolute Gasteiger partial charge is 0.0714 e. The van der Waals surface area contributed by atoms with Gasteiger partial charge < -0.3 is 4.90 Å². The Morgan fingerprint density at radius 1 is 0.359 bits per heavy atom. The third kappa shape index (κ3) is 6.64. The first-order chi connectivity index (χ1) is 31.4. The van der Waals surface area contributed by atoms with E-state index < -0.39 is 5.41 Å². The molecule has 0 N–H and O–H groups in total. The Kier molecular flexibility index (Phi) is 9.70. The topological polar surface area (TPSA) is 3.24 Å². The molecule has 10 aromatic rings. The molecule has 1 nitrogen and oxygen atoms in total. The molecule has 306 valence electrons. The number of fused-ring (bicyclic) bond motifs is 4. The molecule has 0 heterocycles. The van der Waals surface area contributed by atoms with Crippen molar-refractivity contribution < 1.29 is 0 Å². The Morgan fingerprint density at radius 3 is 1.44 bits per heavy atom. The lowest BCUT2D eigenvalue weighted by atomic mass is 9.67. The van der Waals surface area contributed by atoms with Crippen LogP contribution in [0.25, 0.3) is 55.3 Å². The van der Waals surface area contributed by atoms with Gasteiger partial charge in [0.05, 0.1) is 11.1 Å². The molecule has 0 aromatic heterocycles. The first-order valence-electron chi connectivity index (χ1n) is 22.4. The molecule has 0 unspecified atom stereocenters. The van der Waals surface area contributed by atoms with E-state index in [0.29, 0.717) is 0 Å². The van der Waals surface area contributed by atoms with E-state index in [1.165, 1.54) is 83.1 Å². The zero-order chi connectivity index (χ0) is 43.3. The van der Waals surface area contributed by atoms with Gasteiger partial charge >= 0.3 is 0 Å². The van der Waals surface area contributed by atoms with E-state index in [-0.39, 0.29) is 5.41 Å². The van der Waals surface area contributed by atoms with Gasteiger partial charge in [-0.2, -0.15) is 0 Å². The maximum atomic E-state index is 2.50. The van der Waals surface area contributed by atoms with Crippen LogP contribution in [-0.2, 0) is 10.8 Å². The Balaban J connectivity index is 1.12. The lowest BCUT2D eigenvalue weighted by Gasteiger charge is -2.35. The number of nitrogens with zero attached hydrogens (tertiary/aromatic N) is 1. The summed E-state index contributed by atoms with van der Waals surface area (Å²) in [5.74, 6) is 0. The molecule has 64 heavy (non-hydrogen) atoms. The van der Waals surface area contributed by atoms with Crippen LogP contribution in [0.3, 0.4) is 0 Å². The summed E-state index contributed by atoms with van der Waals surface area (Å²) >= 11 is 0. The number of benzene rings is 10. The third-order valence-corrected chi connectivity index (χ3v) is 13.3. The SMILES string of the molecule is CC(C)(C)c1ccc2c(c1)C(c1ccccc1)(c1ccccc1)c1cccc(N(c3ccc(-c4ccc(-c5ccccc5)cc4)cc3)c3ccc(-c4cccc5ccccc45)cc3)c1-2. The van der Waals surface area contributed by atoms with Gasteiger partial charge in [0.15, 0.2) is 0 Å². The van der Waals surface area contributed by atoms with Crippen molar-refractivity contribution in [1.29, 1.82) is 0 Å². The van der Waals surface area contributed by atoms with E-state index in [2.05, 4.69) is 268 Å². The van der Waals surface area contributed by atoms with Crippen molar-refractivity contribution in [2.24, 2.45) is 0 Å². The van der Waals surface area contributed by atoms with E-state index in [1.807, 2.05) is 0 Å². The van der Waals surface area contributed by atoms with Gasteiger partial charge in [0, 0.05) is 16.9 Å². The molecule has 11 rings (SSSR count). The van der Waals surface area contributed by atoms with Crippen LogP contribution in [-0.4, -0.2) is 0 Å². The molecule has 0 saturated heterocycles. The number of hydrogen-bond donors (Lipinski definition) is 0. The van der Waals surface area contributed by atoms with E-state index in [1.54, 1.807) is 0 Å². The van der Waals surface area contributed by atoms with Gasteiger partial charge in [0.2, 0.25) is 0 Å². The molecule has 1 aliphatic rings. The minimum Gasteiger partial charge on any atom is -0.310 e. The van der Waals surface area contributed by atoms with Gasteiger partial charge in [-0.15, -0.1) is 0 Å². The van der Waals surface area contributed by atoms with Crippen molar-refractivity contribution in [2.75, 3.05) is 4.90 Å². The number of anilines is 3. The van der Waals surface area contributed by atoms with Crippen LogP contribution in [0.1, 0.15) is 48.6 Å². The summed E-state index contributed by atoms with van der Waals surface area (Å²) in [7, 11) is 0. The molecule has 0 aliphatic heterocycles. The molecule has 0 spiro atoms.